The topological polar surface area (TPSA) is 63.5 Å². The molecule has 158 valence electrons. The minimum atomic E-state index is -3.86. The van der Waals surface area contributed by atoms with Crippen LogP contribution in [0.5, 0.6) is 0 Å². The monoisotopic (exact) mass is 509 g/mol. The summed E-state index contributed by atoms with van der Waals surface area (Å²) >= 11 is 19.2. The lowest BCUT2D eigenvalue weighted by Gasteiger charge is -2.10. The molecule has 0 saturated heterocycles. The number of hydrogen-bond acceptors (Lipinski definition) is 4. The molecule has 4 aromatic rings. The highest BCUT2D eigenvalue weighted by atomic mass is 35.5. The average Bonchev–Trinajstić information content (AvgIpc) is 3.18. The Balaban J connectivity index is 1.81. The van der Waals surface area contributed by atoms with E-state index in [2.05, 4.69) is 9.93 Å². The largest absolute Gasteiger partial charge is 0.284 e. The second kappa shape index (κ2) is 9.06. The summed E-state index contributed by atoms with van der Waals surface area (Å²) in [6, 6.07) is 20.4. The number of thiazole rings is 1. The molecule has 0 aliphatic heterocycles. The molecule has 31 heavy (non-hydrogen) atoms. The van der Waals surface area contributed by atoms with Gasteiger partial charge in [0.15, 0.2) is 0 Å². The third kappa shape index (κ3) is 4.97. The second-order valence-corrected chi connectivity index (χ2v) is 10.2. The van der Waals surface area contributed by atoms with Crippen LogP contribution in [0, 0.1) is 0 Å². The summed E-state index contributed by atoms with van der Waals surface area (Å²) < 4.78 is 27.1. The zero-order valence-corrected chi connectivity index (χ0v) is 19.6. The van der Waals surface area contributed by atoms with Gasteiger partial charge in [-0.15, -0.1) is 16.4 Å². The van der Waals surface area contributed by atoms with E-state index in [0.717, 1.165) is 16.9 Å². The van der Waals surface area contributed by atoms with Crippen LogP contribution in [-0.2, 0) is 10.0 Å². The Morgan fingerprint density at radius 3 is 1.87 bits per heavy atom. The van der Waals surface area contributed by atoms with Crippen molar-refractivity contribution in [1.82, 2.24) is 9.40 Å². The van der Waals surface area contributed by atoms with Crippen LogP contribution < -0.4 is 9.63 Å². The average molecular weight is 511 g/mol. The Labute approximate surface area is 198 Å². The smallest absolute Gasteiger partial charge is 0.276 e. The van der Waals surface area contributed by atoms with Gasteiger partial charge in [-0.3, -0.25) is 4.57 Å². The number of nitrogens with zero attached hydrogens (tertiary/aromatic N) is 2. The van der Waals surface area contributed by atoms with E-state index in [9.17, 15) is 8.42 Å². The SMILES string of the molecule is O=S(=O)(NN=c1scc(-c2ccc(Cl)cc2)n1-c1ccc(Cl)cc1)c1ccc(Cl)cc1. The van der Waals surface area contributed by atoms with Crippen molar-refractivity contribution in [2.45, 2.75) is 4.90 Å². The number of benzene rings is 3. The van der Waals surface area contributed by atoms with Crippen LogP contribution in [0.15, 0.2) is 88.2 Å². The molecule has 0 unspecified atom stereocenters. The van der Waals surface area contributed by atoms with Gasteiger partial charge in [0, 0.05) is 26.1 Å². The maximum atomic E-state index is 12.6. The van der Waals surface area contributed by atoms with Crippen molar-refractivity contribution in [3.63, 3.8) is 0 Å². The maximum Gasteiger partial charge on any atom is 0.276 e. The van der Waals surface area contributed by atoms with Gasteiger partial charge in [0.2, 0.25) is 4.80 Å². The second-order valence-electron chi connectivity index (χ2n) is 6.38. The molecule has 0 aliphatic carbocycles. The number of nitrogens with one attached hydrogen (secondary N) is 1. The fraction of sp³-hybridized carbons (Fsp3) is 0. The first-order valence-corrected chi connectivity index (χ1v) is 12.4. The predicted octanol–water partition coefficient (Wildman–Crippen LogP) is 5.96. The van der Waals surface area contributed by atoms with Gasteiger partial charge in [0.1, 0.15) is 0 Å². The van der Waals surface area contributed by atoms with E-state index in [1.807, 2.05) is 34.2 Å². The summed E-state index contributed by atoms with van der Waals surface area (Å²) in [5, 5.41) is 7.75. The summed E-state index contributed by atoms with van der Waals surface area (Å²) in [6.07, 6.45) is 0. The van der Waals surface area contributed by atoms with Crippen LogP contribution in [0.3, 0.4) is 0 Å². The minimum Gasteiger partial charge on any atom is -0.284 e. The Morgan fingerprint density at radius 1 is 0.774 bits per heavy atom. The number of hydrogen-bond donors (Lipinski definition) is 1. The van der Waals surface area contributed by atoms with E-state index in [-0.39, 0.29) is 4.90 Å². The number of rotatable bonds is 5. The first-order valence-electron chi connectivity index (χ1n) is 8.87. The van der Waals surface area contributed by atoms with Crippen molar-refractivity contribution in [2.24, 2.45) is 5.10 Å². The van der Waals surface area contributed by atoms with Gasteiger partial charge in [-0.2, -0.15) is 13.2 Å². The standard InChI is InChI=1S/C21H14Cl3N3O2S2/c22-15-3-1-14(2-4-15)20-13-30-21(27(20)18-9-5-16(23)6-10-18)25-26-31(28,29)19-11-7-17(24)8-12-19/h1-13,26H. The lowest BCUT2D eigenvalue weighted by Crippen LogP contribution is -2.24. The van der Waals surface area contributed by atoms with Crippen molar-refractivity contribution in [3.8, 4) is 16.9 Å². The lowest BCUT2D eigenvalue weighted by atomic mass is 10.1. The van der Waals surface area contributed by atoms with Crippen molar-refractivity contribution in [2.75, 3.05) is 0 Å². The molecule has 1 N–H and O–H groups in total. The first kappa shape index (κ1) is 21.9. The Kier molecular flexibility index (Phi) is 6.41. The van der Waals surface area contributed by atoms with Gasteiger partial charge in [-0.25, -0.2) is 0 Å². The van der Waals surface area contributed by atoms with E-state index < -0.39 is 10.0 Å². The van der Waals surface area contributed by atoms with E-state index in [0.29, 0.717) is 19.9 Å². The molecular formula is C21H14Cl3N3O2S2. The highest BCUT2D eigenvalue weighted by Crippen LogP contribution is 2.25. The molecule has 5 nitrogen and oxygen atoms in total. The molecule has 1 aromatic heterocycles. The van der Waals surface area contributed by atoms with E-state index in [1.165, 1.54) is 35.6 Å². The van der Waals surface area contributed by atoms with Crippen molar-refractivity contribution >= 4 is 56.2 Å². The van der Waals surface area contributed by atoms with Crippen LogP contribution in [0.25, 0.3) is 16.9 Å². The quantitative estimate of drug-likeness (QED) is 0.337. The Hall–Kier alpha value is -2.29. The van der Waals surface area contributed by atoms with Gasteiger partial charge < -0.3 is 0 Å². The van der Waals surface area contributed by atoms with Crippen molar-refractivity contribution in [3.05, 3.63) is 98.0 Å². The van der Waals surface area contributed by atoms with Crippen LogP contribution in [0.1, 0.15) is 0 Å². The Bertz CT molecular complexity index is 1380. The third-order valence-corrected chi connectivity index (χ3v) is 7.12. The molecule has 10 heteroatoms. The molecule has 0 aliphatic rings. The van der Waals surface area contributed by atoms with Gasteiger partial charge in [-0.05, 0) is 66.2 Å². The summed E-state index contributed by atoms with van der Waals surface area (Å²) in [5.74, 6) is 0. The van der Waals surface area contributed by atoms with Crippen LogP contribution in [0.4, 0.5) is 0 Å². The summed E-state index contributed by atoms with van der Waals surface area (Å²) in [6.45, 7) is 0. The minimum absolute atomic E-state index is 0.0631. The fourth-order valence-corrected chi connectivity index (χ4v) is 4.92. The molecule has 0 atom stereocenters. The van der Waals surface area contributed by atoms with Gasteiger partial charge in [0.05, 0.1) is 10.6 Å². The molecule has 0 bridgehead atoms. The van der Waals surface area contributed by atoms with Gasteiger partial charge >= 0.3 is 0 Å². The predicted molar refractivity (Wildman–Crippen MR) is 126 cm³/mol. The highest BCUT2D eigenvalue weighted by molar-refractivity contribution is 7.89. The zero-order valence-electron chi connectivity index (χ0n) is 15.7. The molecule has 4 rings (SSSR count). The first-order chi connectivity index (χ1) is 14.8. The number of aromatic nitrogens is 1. The maximum absolute atomic E-state index is 12.6. The fourth-order valence-electron chi connectivity index (χ4n) is 2.82. The van der Waals surface area contributed by atoms with E-state index >= 15 is 0 Å². The third-order valence-electron chi connectivity index (χ3n) is 4.32. The molecule has 0 amide bonds. The zero-order chi connectivity index (χ0) is 22.0. The van der Waals surface area contributed by atoms with E-state index in [4.69, 9.17) is 34.8 Å². The molecule has 0 spiro atoms. The van der Waals surface area contributed by atoms with Gasteiger partial charge in [-0.1, -0.05) is 46.9 Å². The molecule has 0 fully saturated rings. The summed E-state index contributed by atoms with van der Waals surface area (Å²) in [4.78, 5) is 2.80. The molecule has 3 aromatic carbocycles. The Morgan fingerprint density at radius 2 is 1.29 bits per heavy atom. The lowest BCUT2D eigenvalue weighted by molar-refractivity contribution is 0.582. The normalized spacial score (nSPS) is 12.2. The molecular weight excluding hydrogens is 497 g/mol. The number of halogens is 3. The van der Waals surface area contributed by atoms with Crippen LogP contribution in [-0.4, -0.2) is 13.0 Å². The van der Waals surface area contributed by atoms with E-state index in [1.54, 1.807) is 24.3 Å². The molecule has 0 saturated carbocycles. The van der Waals surface area contributed by atoms with Crippen molar-refractivity contribution in [1.29, 1.82) is 0 Å². The van der Waals surface area contributed by atoms with Crippen molar-refractivity contribution < 1.29 is 8.42 Å². The molecule has 0 radical (unpaired) electrons. The highest BCUT2D eigenvalue weighted by Gasteiger charge is 2.14. The van der Waals surface area contributed by atoms with Crippen LogP contribution >= 0.6 is 46.1 Å². The van der Waals surface area contributed by atoms with Crippen LogP contribution in [0.2, 0.25) is 15.1 Å². The number of sulfonamides is 1. The summed E-state index contributed by atoms with van der Waals surface area (Å²) in [5.41, 5.74) is 2.51. The molecule has 1 heterocycles. The van der Waals surface area contributed by atoms with Gasteiger partial charge in [0.25, 0.3) is 10.0 Å². The summed E-state index contributed by atoms with van der Waals surface area (Å²) in [7, 11) is -3.86.